The zero-order chi connectivity index (χ0) is 44.2. The van der Waals surface area contributed by atoms with Gasteiger partial charge in [0, 0.05) is 6.42 Å². The van der Waals surface area contributed by atoms with E-state index in [0.717, 1.165) is 70.6 Å². The second kappa shape index (κ2) is 52.2. The van der Waals surface area contributed by atoms with E-state index in [9.17, 15) is 15.0 Å². The number of nitrogens with one attached hydrogen (secondary N) is 1. The van der Waals surface area contributed by atoms with E-state index >= 15 is 0 Å². The maximum atomic E-state index is 12.4. The highest BCUT2D eigenvalue weighted by atomic mass is 16.3. The lowest BCUT2D eigenvalue weighted by atomic mass is 10.0. The summed E-state index contributed by atoms with van der Waals surface area (Å²) in [5.41, 5.74) is 0. The molecule has 0 bridgehead atoms. The summed E-state index contributed by atoms with van der Waals surface area (Å²) in [7, 11) is 0. The van der Waals surface area contributed by atoms with Crippen molar-refractivity contribution in [3.8, 4) is 0 Å². The van der Waals surface area contributed by atoms with E-state index in [-0.39, 0.29) is 12.5 Å². The zero-order valence-electron chi connectivity index (χ0n) is 40.7. The Kier molecular flexibility index (Phi) is 50.3. The summed E-state index contributed by atoms with van der Waals surface area (Å²) in [5, 5.41) is 23.1. The summed E-state index contributed by atoms with van der Waals surface area (Å²) in [4.78, 5) is 12.4. The number of carbonyl (C=O) groups excluding carboxylic acids is 1. The molecule has 4 heteroatoms. The average Bonchev–Trinajstić information content (AvgIpc) is 3.26. The second-order valence-electron chi connectivity index (χ2n) is 17.9. The summed E-state index contributed by atoms with van der Waals surface area (Å²) in [5.74, 6) is -0.0953. The van der Waals surface area contributed by atoms with Gasteiger partial charge >= 0.3 is 0 Å². The number of hydrogen-bond acceptors (Lipinski definition) is 3. The molecule has 0 aromatic carbocycles. The lowest BCUT2D eigenvalue weighted by Gasteiger charge is -2.19. The monoisotopic (exact) mass is 850 g/mol. The van der Waals surface area contributed by atoms with Gasteiger partial charge in [0.2, 0.25) is 5.91 Å². The van der Waals surface area contributed by atoms with Crippen molar-refractivity contribution in [3.63, 3.8) is 0 Å². The minimum Gasteiger partial charge on any atom is -0.394 e. The molecule has 0 heterocycles. The van der Waals surface area contributed by atoms with Gasteiger partial charge in [0.05, 0.1) is 18.8 Å². The zero-order valence-corrected chi connectivity index (χ0v) is 40.7. The van der Waals surface area contributed by atoms with E-state index in [0.29, 0.717) is 6.42 Å². The summed E-state index contributed by atoms with van der Waals surface area (Å²) in [6, 6.07) is -0.645. The van der Waals surface area contributed by atoms with Gasteiger partial charge in [-0.1, -0.05) is 267 Å². The van der Waals surface area contributed by atoms with Crippen LogP contribution in [0.4, 0.5) is 0 Å². The van der Waals surface area contributed by atoms with Crippen LogP contribution in [-0.2, 0) is 4.79 Å². The van der Waals surface area contributed by atoms with Gasteiger partial charge in [-0.05, 0) is 64.2 Å². The van der Waals surface area contributed by atoms with Gasteiger partial charge in [-0.2, -0.15) is 0 Å². The fourth-order valence-electron chi connectivity index (χ4n) is 7.91. The number of allylic oxidation sites excluding steroid dienone is 11. The molecule has 0 saturated carbocycles. The first-order chi connectivity index (χ1) is 30.2. The van der Waals surface area contributed by atoms with Crippen LogP contribution in [0.15, 0.2) is 72.9 Å². The topological polar surface area (TPSA) is 69.6 Å². The van der Waals surface area contributed by atoms with Crippen LogP contribution in [0.2, 0.25) is 0 Å². The van der Waals surface area contributed by atoms with Crippen LogP contribution in [0.5, 0.6) is 0 Å². The van der Waals surface area contributed by atoms with E-state index in [2.05, 4.69) is 79.9 Å². The molecule has 2 unspecified atom stereocenters. The maximum absolute atomic E-state index is 12.4. The van der Waals surface area contributed by atoms with Crippen molar-refractivity contribution in [2.45, 2.75) is 276 Å². The fraction of sp³-hybridized carbons (Fsp3) is 0.772. The van der Waals surface area contributed by atoms with E-state index in [4.69, 9.17) is 0 Å². The van der Waals surface area contributed by atoms with Crippen LogP contribution in [0.3, 0.4) is 0 Å². The molecule has 0 aliphatic rings. The number of rotatable bonds is 48. The first-order valence-corrected chi connectivity index (χ1v) is 26.7. The van der Waals surface area contributed by atoms with Crippen molar-refractivity contribution in [2.24, 2.45) is 0 Å². The normalized spacial score (nSPS) is 13.4. The first-order valence-electron chi connectivity index (χ1n) is 26.7. The van der Waals surface area contributed by atoms with E-state index in [1.807, 2.05) is 6.08 Å². The molecule has 3 N–H and O–H groups in total. The highest BCUT2D eigenvalue weighted by Crippen LogP contribution is 2.17. The molecule has 1 amide bonds. The lowest BCUT2D eigenvalue weighted by molar-refractivity contribution is -0.123. The van der Waals surface area contributed by atoms with E-state index in [1.165, 1.54) is 173 Å². The summed E-state index contributed by atoms with van der Waals surface area (Å²) in [6.07, 6.45) is 74.9. The molecule has 0 radical (unpaired) electrons. The number of aliphatic hydroxyl groups excluding tert-OH is 2. The Hall–Kier alpha value is -2.17. The predicted octanol–water partition coefficient (Wildman–Crippen LogP) is 17.4. The standard InChI is InChI=1S/C57H103NO3/c1-3-5-7-9-11-13-15-17-19-21-23-24-25-26-27-28-29-30-31-32-33-35-36-38-40-42-44-46-48-50-52-56(60)55(54-59)58-57(61)53-51-49-47-45-43-41-39-37-34-22-20-18-16-14-12-10-8-6-4-2/h6,8,12,14,18,20,34,37,41,43,50,52,55-56,59-60H,3-5,7,9-11,13,15-17,19,21-33,35-36,38-40,42,44-49,51,53-54H2,1-2H3,(H,58,61)/b8-6-,14-12-,20-18-,37-34-,43-41-,52-50+. The lowest BCUT2D eigenvalue weighted by Crippen LogP contribution is -2.45. The summed E-state index contributed by atoms with van der Waals surface area (Å²) >= 11 is 0. The van der Waals surface area contributed by atoms with Crippen LogP contribution in [-0.4, -0.2) is 34.9 Å². The molecule has 0 aromatic heterocycles. The highest BCUT2D eigenvalue weighted by Gasteiger charge is 2.17. The molecule has 0 aliphatic carbocycles. The molecule has 0 fully saturated rings. The quantitative estimate of drug-likeness (QED) is 0.0422. The van der Waals surface area contributed by atoms with Crippen molar-refractivity contribution in [3.05, 3.63) is 72.9 Å². The van der Waals surface area contributed by atoms with E-state index < -0.39 is 12.1 Å². The van der Waals surface area contributed by atoms with Crippen molar-refractivity contribution < 1.29 is 15.0 Å². The van der Waals surface area contributed by atoms with Crippen molar-refractivity contribution in [1.82, 2.24) is 5.32 Å². The fourth-order valence-corrected chi connectivity index (χ4v) is 7.91. The van der Waals surface area contributed by atoms with Crippen LogP contribution < -0.4 is 5.32 Å². The average molecular weight is 850 g/mol. The van der Waals surface area contributed by atoms with Crippen LogP contribution in [0, 0.1) is 0 Å². The SMILES string of the molecule is CC/C=C\C/C=C\C/C=C\C/C=C\C/C=C\CCCCCC(=O)NC(CO)C(O)/C=C/CCCCCCCCCCCCCCCCCCCCCCCCCCCCCC. The molecule has 0 aliphatic heterocycles. The number of unbranched alkanes of at least 4 members (excludes halogenated alkanes) is 31. The van der Waals surface area contributed by atoms with Crippen LogP contribution >= 0.6 is 0 Å². The van der Waals surface area contributed by atoms with Gasteiger partial charge in [-0.25, -0.2) is 0 Å². The highest BCUT2D eigenvalue weighted by molar-refractivity contribution is 5.76. The Labute approximate surface area is 380 Å². The number of aliphatic hydroxyl groups is 2. The molecule has 4 nitrogen and oxygen atoms in total. The Bertz CT molecular complexity index is 1050. The minimum atomic E-state index is -0.858. The van der Waals surface area contributed by atoms with Gasteiger partial charge < -0.3 is 15.5 Å². The van der Waals surface area contributed by atoms with Gasteiger partial charge in [0.25, 0.3) is 0 Å². The van der Waals surface area contributed by atoms with Crippen molar-refractivity contribution >= 4 is 5.91 Å². The van der Waals surface area contributed by atoms with E-state index in [1.54, 1.807) is 6.08 Å². The molecular formula is C57H103NO3. The Balaban J connectivity index is 3.54. The number of amides is 1. The molecule has 354 valence electrons. The predicted molar refractivity (Wildman–Crippen MR) is 271 cm³/mol. The smallest absolute Gasteiger partial charge is 0.220 e. The Morgan fingerprint density at radius 1 is 0.410 bits per heavy atom. The van der Waals surface area contributed by atoms with Gasteiger partial charge in [-0.3, -0.25) is 4.79 Å². The number of hydrogen-bond donors (Lipinski definition) is 3. The third-order valence-electron chi connectivity index (χ3n) is 11.9. The van der Waals surface area contributed by atoms with Crippen molar-refractivity contribution in [2.75, 3.05) is 6.61 Å². The van der Waals surface area contributed by atoms with Crippen LogP contribution in [0.1, 0.15) is 264 Å². The number of carbonyl (C=O) groups is 1. The molecule has 0 saturated heterocycles. The molecule has 61 heavy (non-hydrogen) atoms. The van der Waals surface area contributed by atoms with Gasteiger partial charge in [0.1, 0.15) is 0 Å². The minimum absolute atomic E-state index is 0.0953. The third kappa shape index (κ3) is 48.7. The molecule has 0 rings (SSSR count). The molecule has 0 aromatic rings. The van der Waals surface area contributed by atoms with Gasteiger partial charge in [-0.15, -0.1) is 0 Å². The third-order valence-corrected chi connectivity index (χ3v) is 11.9. The molecule has 0 spiro atoms. The van der Waals surface area contributed by atoms with Gasteiger partial charge in [0.15, 0.2) is 0 Å². The van der Waals surface area contributed by atoms with Crippen molar-refractivity contribution in [1.29, 1.82) is 0 Å². The summed E-state index contributed by atoms with van der Waals surface area (Å²) in [6.45, 7) is 4.19. The largest absolute Gasteiger partial charge is 0.394 e. The second-order valence-corrected chi connectivity index (χ2v) is 17.9. The Morgan fingerprint density at radius 3 is 1.08 bits per heavy atom. The maximum Gasteiger partial charge on any atom is 0.220 e. The first kappa shape index (κ1) is 58.8. The molecular weight excluding hydrogens is 747 g/mol. The summed E-state index contributed by atoms with van der Waals surface area (Å²) < 4.78 is 0. The Morgan fingerprint density at radius 2 is 0.721 bits per heavy atom. The molecule has 2 atom stereocenters. The van der Waals surface area contributed by atoms with Crippen LogP contribution in [0.25, 0.3) is 0 Å².